The second-order valence-corrected chi connectivity index (χ2v) is 5.36. The van der Waals surface area contributed by atoms with Gasteiger partial charge in [0, 0.05) is 22.0 Å². The summed E-state index contributed by atoms with van der Waals surface area (Å²) >= 11 is 4.80. The summed E-state index contributed by atoms with van der Waals surface area (Å²) in [5.74, 6) is 0.136. The van der Waals surface area contributed by atoms with Crippen LogP contribution in [0.1, 0.15) is 11.0 Å². The number of benzene rings is 1. The quantitative estimate of drug-likeness (QED) is 0.933. The number of thiophene rings is 1. The van der Waals surface area contributed by atoms with Crippen molar-refractivity contribution in [1.82, 2.24) is 0 Å². The van der Waals surface area contributed by atoms with Crippen molar-refractivity contribution in [2.45, 2.75) is 6.10 Å². The lowest BCUT2D eigenvalue weighted by Crippen LogP contribution is -2.17. The molecule has 90 valence electrons. The van der Waals surface area contributed by atoms with Crippen molar-refractivity contribution in [3.63, 3.8) is 0 Å². The summed E-state index contributed by atoms with van der Waals surface area (Å²) in [4.78, 5) is 1.04. The van der Waals surface area contributed by atoms with Gasteiger partial charge in [0.05, 0.1) is 0 Å². The average molecular weight is 316 g/mol. The van der Waals surface area contributed by atoms with Crippen LogP contribution in [0.5, 0.6) is 5.75 Å². The van der Waals surface area contributed by atoms with Crippen LogP contribution in [0.2, 0.25) is 0 Å². The fraction of sp³-hybridized carbons (Fsp3) is 0.167. The van der Waals surface area contributed by atoms with Crippen molar-refractivity contribution in [2.75, 3.05) is 6.54 Å². The number of hydrogen-bond donors (Lipinski definition) is 1. The molecule has 0 aliphatic carbocycles. The molecule has 17 heavy (non-hydrogen) atoms. The molecule has 5 heteroatoms. The van der Waals surface area contributed by atoms with Crippen LogP contribution in [-0.2, 0) is 0 Å². The van der Waals surface area contributed by atoms with Gasteiger partial charge in [-0.15, -0.1) is 11.3 Å². The van der Waals surface area contributed by atoms with E-state index in [0.29, 0.717) is 16.8 Å². The van der Waals surface area contributed by atoms with Crippen LogP contribution in [0.25, 0.3) is 0 Å². The Kier molecular flexibility index (Phi) is 4.15. The Morgan fingerprint density at radius 3 is 2.82 bits per heavy atom. The summed E-state index contributed by atoms with van der Waals surface area (Å²) in [6.45, 7) is 0.356. The smallest absolute Gasteiger partial charge is 0.145 e. The second kappa shape index (κ2) is 5.62. The molecule has 0 aliphatic rings. The van der Waals surface area contributed by atoms with E-state index in [4.69, 9.17) is 10.5 Å². The normalized spacial score (nSPS) is 12.4. The first-order valence-corrected chi connectivity index (χ1v) is 6.72. The lowest BCUT2D eigenvalue weighted by Gasteiger charge is -2.16. The van der Waals surface area contributed by atoms with E-state index in [1.165, 1.54) is 12.1 Å². The van der Waals surface area contributed by atoms with Crippen LogP contribution in [-0.4, -0.2) is 6.54 Å². The molecule has 0 bridgehead atoms. The highest BCUT2D eigenvalue weighted by Gasteiger charge is 2.13. The van der Waals surface area contributed by atoms with Gasteiger partial charge >= 0.3 is 0 Å². The third-order valence-electron chi connectivity index (χ3n) is 2.19. The fourth-order valence-electron chi connectivity index (χ4n) is 1.46. The molecule has 0 saturated heterocycles. The summed E-state index contributed by atoms with van der Waals surface area (Å²) in [5, 5.41) is 1.96. The van der Waals surface area contributed by atoms with Crippen molar-refractivity contribution >= 4 is 27.3 Å². The third-order valence-corrected chi connectivity index (χ3v) is 3.61. The Hall–Kier alpha value is -0.910. The van der Waals surface area contributed by atoms with Crippen LogP contribution < -0.4 is 10.5 Å². The highest BCUT2D eigenvalue weighted by Crippen LogP contribution is 2.27. The van der Waals surface area contributed by atoms with Crippen molar-refractivity contribution in [1.29, 1.82) is 0 Å². The van der Waals surface area contributed by atoms with E-state index >= 15 is 0 Å². The van der Waals surface area contributed by atoms with E-state index in [1.807, 2.05) is 17.5 Å². The Morgan fingerprint density at radius 2 is 2.24 bits per heavy atom. The van der Waals surface area contributed by atoms with Crippen LogP contribution in [0.3, 0.4) is 0 Å². The minimum atomic E-state index is -0.337. The Balaban J connectivity index is 2.18. The van der Waals surface area contributed by atoms with Crippen LogP contribution >= 0.6 is 27.3 Å². The van der Waals surface area contributed by atoms with Gasteiger partial charge in [-0.25, -0.2) is 4.39 Å². The highest BCUT2D eigenvalue weighted by molar-refractivity contribution is 9.10. The summed E-state index contributed by atoms with van der Waals surface area (Å²) in [6, 6.07) is 8.35. The second-order valence-electron chi connectivity index (χ2n) is 3.46. The van der Waals surface area contributed by atoms with E-state index in [0.717, 1.165) is 4.88 Å². The molecule has 0 fully saturated rings. The molecular weight excluding hydrogens is 305 g/mol. The summed E-state index contributed by atoms with van der Waals surface area (Å²) < 4.78 is 19.5. The number of ether oxygens (including phenoxy) is 1. The van der Waals surface area contributed by atoms with Gasteiger partial charge in [-0.1, -0.05) is 22.0 Å². The molecule has 0 aliphatic heterocycles. The fourth-order valence-corrected chi connectivity index (χ4v) is 2.67. The molecule has 0 saturated carbocycles. The SMILES string of the molecule is NCC(Oc1cc(F)cc(Br)c1)c1cccs1. The van der Waals surface area contributed by atoms with Gasteiger partial charge in [0.25, 0.3) is 0 Å². The van der Waals surface area contributed by atoms with E-state index in [2.05, 4.69) is 15.9 Å². The molecular formula is C12H11BrFNOS. The molecule has 1 aromatic carbocycles. The topological polar surface area (TPSA) is 35.2 Å². The molecule has 2 nitrogen and oxygen atoms in total. The molecule has 1 unspecified atom stereocenters. The van der Waals surface area contributed by atoms with E-state index in [1.54, 1.807) is 17.4 Å². The largest absolute Gasteiger partial charge is 0.483 e. The van der Waals surface area contributed by atoms with E-state index in [-0.39, 0.29) is 11.9 Å². The maximum atomic E-state index is 13.2. The minimum Gasteiger partial charge on any atom is -0.483 e. The number of hydrogen-bond acceptors (Lipinski definition) is 3. The third kappa shape index (κ3) is 3.28. The Bertz CT molecular complexity index is 469. The zero-order valence-corrected chi connectivity index (χ0v) is 11.3. The molecule has 1 atom stereocenters. The molecule has 0 spiro atoms. The van der Waals surface area contributed by atoms with Gasteiger partial charge in [-0.2, -0.15) is 0 Å². The van der Waals surface area contributed by atoms with Gasteiger partial charge < -0.3 is 10.5 Å². The van der Waals surface area contributed by atoms with Crippen molar-refractivity contribution in [2.24, 2.45) is 5.73 Å². The lowest BCUT2D eigenvalue weighted by molar-refractivity contribution is 0.217. The van der Waals surface area contributed by atoms with Crippen molar-refractivity contribution in [3.05, 3.63) is 50.9 Å². The standard InChI is InChI=1S/C12H11BrFNOS/c13-8-4-9(14)6-10(5-8)16-11(7-15)12-2-1-3-17-12/h1-6,11H,7,15H2. The molecule has 2 aromatic rings. The minimum absolute atomic E-state index is 0.233. The highest BCUT2D eigenvalue weighted by atomic mass is 79.9. The first kappa shape index (κ1) is 12.5. The monoisotopic (exact) mass is 315 g/mol. The predicted octanol–water partition coefficient (Wildman–Crippen LogP) is 3.73. The van der Waals surface area contributed by atoms with Crippen LogP contribution in [0, 0.1) is 5.82 Å². The first-order valence-electron chi connectivity index (χ1n) is 5.05. The Morgan fingerprint density at radius 1 is 1.41 bits per heavy atom. The molecule has 2 N–H and O–H groups in total. The molecule has 1 aromatic heterocycles. The summed E-state index contributed by atoms with van der Waals surface area (Å²) in [5.41, 5.74) is 5.66. The number of nitrogens with two attached hydrogens (primary N) is 1. The number of halogens is 2. The van der Waals surface area contributed by atoms with Gasteiger partial charge in [-0.05, 0) is 23.6 Å². The first-order chi connectivity index (χ1) is 8.19. The summed E-state index contributed by atoms with van der Waals surface area (Å²) in [7, 11) is 0. The van der Waals surface area contributed by atoms with E-state index < -0.39 is 0 Å². The zero-order valence-electron chi connectivity index (χ0n) is 8.90. The predicted molar refractivity (Wildman–Crippen MR) is 70.8 cm³/mol. The van der Waals surface area contributed by atoms with Gasteiger partial charge in [0.2, 0.25) is 0 Å². The Labute approximate surface area is 111 Å². The van der Waals surface area contributed by atoms with Crippen LogP contribution in [0.15, 0.2) is 40.2 Å². The zero-order chi connectivity index (χ0) is 12.3. The maximum Gasteiger partial charge on any atom is 0.145 e. The molecule has 0 radical (unpaired) electrons. The molecule has 1 heterocycles. The average Bonchev–Trinajstić information content (AvgIpc) is 2.77. The lowest BCUT2D eigenvalue weighted by atomic mass is 10.3. The summed E-state index contributed by atoms with van der Waals surface area (Å²) in [6.07, 6.45) is -0.233. The van der Waals surface area contributed by atoms with Gasteiger partial charge in [0.1, 0.15) is 17.7 Å². The van der Waals surface area contributed by atoms with Crippen molar-refractivity contribution < 1.29 is 9.13 Å². The van der Waals surface area contributed by atoms with Crippen LogP contribution in [0.4, 0.5) is 4.39 Å². The number of rotatable bonds is 4. The van der Waals surface area contributed by atoms with Gasteiger partial charge in [-0.3, -0.25) is 0 Å². The molecule has 0 amide bonds. The van der Waals surface area contributed by atoms with Crippen molar-refractivity contribution in [3.8, 4) is 5.75 Å². The maximum absolute atomic E-state index is 13.2. The van der Waals surface area contributed by atoms with Gasteiger partial charge in [0.15, 0.2) is 0 Å². The molecule has 2 rings (SSSR count). The van der Waals surface area contributed by atoms with E-state index in [9.17, 15) is 4.39 Å².